The summed E-state index contributed by atoms with van der Waals surface area (Å²) in [6.45, 7) is 4.41. The molecule has 1 saturated heterocycles. The summed E-state index contributed by atoms with van der Waals surface area (Å²) < 4.78 is 2.01. The SMILES string of the molecule is Cc1ccc(Cn2cc(CO)nc2SCC(=O)N2CCCC2)cc1. The molecule has 1 N–H and O–H groups in total. The molecule has 0 radical (unpaired) electrons. The number of carbonyl (C=O) groups is 1. The Bertz CT molecular complexity index is 691. The Kier molecular flexibility index (Phi) is 5.58. The minimum Gasteiger partial charge on any atom is -0.390 e. The van der Waals surface area contributed by atoms with Crippen molar-refractivity contribution in [3.05, 3.63) is 47.3 Å². The molecular formula is C18H23N3O2S. The molecule has 0 bridgehead atoms. The van der Waals surface area contributed by atoms with E-state index < -0.39 is 0 Å². The third-order valence-corrected chi connectivity index (χ3v) is 5.18. The van der Waals surface area contributed by atoms with E-state index in [9.17, 15) is 9.90 Å². The maximum Gasteiger partial charge on any atom is 0.233 e. The van der Waals surface area contributed by atoms with Crippen molar-refractivity contribution in [3.8, 4) is 0 Å². The summed E-state index contributed by atoms with van der Waals surface area (Å²) in [4.78, 5) is 18.6. The van der Waals surface area contributed by atoms with Gasteiger partial charge in [0.25, 0.3) is 0 Å². The molecule has 0 aliphatic carbocycles. The number of hydrogen-bond acceptors (Lipinski definition) is 4. The second-order valence-corrected chi connectivity index (χ2v) is 7.11. The lowest BCUT2D eigenvalue weighted by Crippen LogP contribution is -2.29. The van der Waals surface area contributed by atoms with Gasteiger partial charge in [0.05, 0.1) is 18.1 Å². The van der Waals surface area contributed by atoms with E-state index in [4.69, 9.17) is 0 Å². The summed E-state index contributed by atoms with van der Waals surface area (Å²) in [7, 11) is 0. The first-order valence-electron chi connectivity index (χ1n) is 8.29. The monoisotopic (exact) mass is 345 g/mol. The molecule has 1 aromatic heterocycles. The van der Waals surface area contributed by atoms with Gasteiger partial charge < -0.3 is 14.6 Å². The van der Waals surface area contributed by atoms with Gasteiger partial charge >= 0.3 is 0 Å². The van der Waals surface area contributed by atoms with Crippen molar-refractivity contribution in [1.29, 1.82) is 0 Å². The fourth-order valence-corrected chi connectivity index (χ4v) is 3.73. The molecule has 1 fully saturated rings. The molecule has 0 unspecified atom stereocenters. The van der Waals surface area contributed by atoms with Crippen LogP contribution in [0.5, 0.6) is 0 Å². The Hall–Kier alpha value is -1.79. The zero-order chi connectivity index (χ0) is 16.9. The van der Waals surface area contributed by atoms with E-state index in [-0.39, 0.29) is 12.5 Å². The zero-order valence-electron chi connectivity index (χ0n) is 13.9. The average molecular weight is 345 g/mol. The third-order valence-electron chi connectivity index (χ3n) is 4.21. The average Bonchev–Trinajstić information content (AvgIpc) is 3.24. The van der Waals surface area contributed by atoms with Crippen LogP contribution < -0.4 is 0 Å². The fraction of sp³-hybridized carbons (Fsp3) is 0.444. The van der Waals surface area contributed by atoms with Gasteiger partial charge in [-0.25, -0.2) is 4.98 Å². The highest BCUT2D eigenvalue weighted by Crippen LogP contribution is 2.21. The Morgan fingerprint density at radius 3 is 2.62 bits per heavy atom. The number of nitrogens with zero attached hydrogens (tertiary/aromatic N) is 3. The molecule has 0 spiro atoms. The van der Waals surface area contributed by atoms with Crippen molar-refractivity contribution in [2.24, 2.45) is 0 Å². The first kappa shape index (κ1) is 17.0. The standard InChI is InChI=1S/C18H23N3O2S/c1-14-4-6-15(7-5-14)10-21-11-16(12-22)19-18(21)24-13-17(23)20-8-2-3-9-20/h4-7,11,22H,2-3,8-10,12-13H2,1H3. The molecule has 1 aliphatic heterocycles. The van der Waals surface area contributed by atoms with Crippen molar-refractivity contribution in [2.75, 3.05) is 18.8 Å². The lowest BCUT2D eigenvalue weighted by molar-refractivity contribution is -0.127. The number of amides is 1. The lowest BCUT2D eigenvalue weighted by atomic mass is 10.1. The molecule has 128 valence electrons. The number of benzene rings is 1. The number of carbonyl (C=O) groups excluding carboxylic acids is 1. The van der Waals surface area contributed by atoms with Crippen molar-refractivity contribution in [1.82, 2.24) is 14.5 Å². The summed E-state index contributed by atoms with van der Waals surface area (Å²) in [5.74, 6) is 0.573. The van der Waals surface area contributed by atoms with Gasteiger partial charge in [-0.05, 0) is 25.3 Å². The van der Waals surface area contributed by atoms with Gasteiger partial charge in [-0.15, -0.1) is 0 Å². The lowest BCUT2D eigenvalue weighted by Gasteiger charge is -2.14. The van der Waals surface area contributed by atoms with E-state index in [0.717, 1.165) is 31.1 Å². The van der Waals surface area contributed by atoms with Crippen LogP contribution in [0.15, 0.2) is 35.6 Å². The van der Waals surface area contributed by atoms with Crippen LogP contribution in [0.4, 0.5) is 0 Å². The number of rotatable bonds is 6. The van der Waals surface area contributed by atoms with Crippen LogP contribution in [0, 0.1) is 6.92 Å². The predicted octanol–water partition coefficient (Wildman–Crippen LogP) is 2.45. The zero-order valence-corrected chi connectivity index (χ0v) is 14.8. The molecule has 1 aliphatic rings. The Labute approximate surface area is 146 Å². The first-order chi connectivity index (χ1) is 11.7. The Morgan fingerprint density at radius 1 is 1.25 bits per heavy atom. The minimum absolute atomic E-state index is 0.0888. The number of aliphatic hydroxyl groups excluding tert-OH is 1. The molecule has 3 rings (SSSR count). The number of hydrogen-bond donors (Lipinski definition) is 1. The van der Waals surface area contributed by atoms with Crippen LogP contribution in [0.1, 0.15) is 29.7 Å². The summed E-state index contributed by atoms with van der Waals surface area (Å²) >= 11 is 1.45. The number of aliphatic hydroxyl groups is 1. The number of aryl methyl sites for hydroxylation is 1. The molecule has 1 amide bonds. The van der Waals surface area contributed by atoms with E-state index in [0.29, 0.717) is 18.0 Å². The van der Waals surface area contributed by atoms with Crippen LogP contribution in [-0.2, 0) is 17.9 Å². The van der Waals surface area contributed by atoms with Gasteiger partial charge in [0.1, 0.15) is 0 Å². The highest BCUT2D eigenvalue weighted by atomic mass is 32.2. The molecule has 6 heteroatoms. The largest absolute Gasteiger partial charge is 0.390 e. The van der Waals surface area contributed by atoms with Crippen molar-refractivity contribution >= 4 is 17.7 Å². The van der Waals surface area contributed by atoms with E-state index in [1.165, 1.54) is 22.9 Å². The first-order valence-corrected chi connectivity index (χ1v) is 9.27. The summed E-state index contributed by atoms with van der Waals surface area (Å²) in [6, 6.07) is 8.36. The van der Waals surface area contributed by atoms with Gasteiger partial charge in [0.2, 0.25) is 5.91 Å². The maximum atomic E-state index is 12.2. The third kappa shape index (κ3) is 4.19. The molecule has 2 aromatic rings. The van der Waals surface area contributed by atoms with Gasteiger partial charge in [-0.3, -0.25) is 4.79 Å². The second kappa shape index (κ2) is 7.85. The van der Waals surface area contributed by atoms with Crippen LogP contribution in [0.25, 0.3) is 0 Å². The number of imidazole rings is 1. The fourth-order valence-electron chi connectivity index (χ4n) is 2.83. The Balaban J connectivity index is 1.68. The van der Waals surface area contributed by atoms with Crippen molar-refractivity contribution in [3.63, 3.8) is 0 Å². The second-order valence-electron chi connectivity index (χ2n) is 6.16. The van der Waals surface area contributed by atoms with E-state index in [1.54, 1.807) is 0 Å². The van der Waals surface area contributed by atoms with Crippen molar-refractivity contribution in [2.45, 2.75) is 38.1 Å². The predicted molar refractivity (Wildman–Crippen MR) is 95.0 cm³/mol. The number of aromatic nitrogens is 2. The normalized spacial score (nSPS) is 14.3. The van der Waals surface area contributed by atoms with Gasteiger partial charge in [0.15, 0.2) is 5.16 Å². The molecule has 0 atom stereocenters. The van der Waals surface area contributed by atoms with Crippen LogP contribution >= 0.6 is 11.8 Å². The number of likely N-dealkylation sites (tertiary alicyclic amines) is 1. The van der Waals surface area contributed by atoms with E-state index in [1.807, 2.05) is 15.7 Å². The molecule has 0 saturated carbocycles. The molecular weight excluding hydrogens is 322 g/mol. The van der Waals surface area contributed by atoms with E-state index >= 15 is 0 Å². The smallest absolute Gasteiger partial charge is 0.233 e. The summed E-state index contributed by atoms with van der Waals surface area (Å²) in [5, 5.41) is 10.2. The summed E-state index contributed by atoms with van der Waals surface area (Å²) in [6.07, 6.45) is 4.07. The highest BCUT2D eigenvalue weighted by Gasteiger charge is 2.19. The van der Waals surface area contributed by atoms with Gasteiger partial charge in [0, 0.05) is 25.8 Å². The van der Waals surface area contributed by atoms with Crippen LogP contribution in [0.2, 0.25) is 0 Å². The van der Waals surface area contributed by atoms with Crippen LogP contribution in [-0.4, -0.2) is 44.3 Å². The highest BCUT2D eigenvalue weighted by molar-refractivity contribution is 7.99. The van der Waals surface area contributed by atoms with Crippen molar-refractivity contribution < 1.29 is 9.90 Å². The molecule has 1 aromatic carbocycles. The molecule has 24 heavy (non-hydrogen) atoms. The topological polar surface area (TPSA) is 58.4 Å². The van der Waals surface area contributed by atoms with Gasteiger partial charge in [-0.2, -0.15) is 0 Å². The molecule has 2 heterocycles. The van der Waals surface area contributed by atoms with E-state index in [2.05, 4.69) is 36.2 Å². The van der Waals surface area contributed by atoms with Crippen LogP contribution in [0.3, 0.4) is 0 Å². The maximum absolute atomic E-state index is 12.2. The Morgan fingerprint density at radius 2 is 1.96 bits per heavy atom. The number of thioether (sulfide) groups is 1. The van der Waals surface area contributed by atoms with Gasteiger partial charge in [-0.1, -0.05) is 41.6 Å². The molecule has 5 nitrogen and oxygen atoms in total. The summed E-state index contributed by atoms with van der Waals surface area (Å²) in [5.41, 5.74) is 3.04. The quantitative estimate of drug-likeness (QED) is 0.817. The minimum atomic E-state index is -0.0888.